The van der Waals surface area contributed by atoms with Crippen molar-refractivity contribution < 1.29 is 19.1 Å². The smallest absolute Gasteiger partial charge is 0.320 e. The minimum absolute atomic E-state index is 0.0224. The predicted octanol–water partition coefficient (Wildman–Crippen LogP) is 1.13. The minimum Gasteiger partial charge on any atom is -0.488 e. The fourth-order valence-corrected chi connectivity index (χ4v) is 2.96. The molecule has 1 amide bonds. The third kappa shape index (κ3) is 4.47. The third-order valence-electron chi connectivity index (χ3n) is 4.29. The molecule has 0 spiro atoms. The molecule has 1 heterocycles. The van der Waals surface area contributed by atoms with Crippen LogP contribution in [0.2, 0.25) is 0 Å². The van der Waals surface area contributed by atoms with Crippen LogP contribution in [0.25, 0.3) is 0 Å². The van der Waals surface area contributed by atoms with Gasteiger partial charge in [-0.25, -0.2) is 0 Å². The first-order chi connectivity index (χ1) is 11.7. The zero-order chi connectivity index (χ0) is 16.9. The third-order valence-corrected chi connectivity index (χ3v) is 4.29. The van der Waals surface area contributed by atoms with Gasteiger partial charge in [-0.15, -0.1) is 0 Å². The van der Waals surface area contributed by atoms with Crippen molar-refractivity contribution in [1.82, 2.24) is 10.2 Å². The molecule has 1 aliphatic carbocycles. The number of benzene rings is 1. The molecule has 1 saturated carbocycles. The molecule has 6 nitrogen and oxygen atoms in total. The lowest BCUT2D eigenvalue weighted by molar-refractivity contribution is -0.144. The number of nitrogens with one attached hydrogen (secondary N) is 1. The molecule has 130 valence electrons. The summed E-state index contributed by atoms with van der Waals surface area (Å²) in [5.74, 6) is 0.552. The van der Waals surface area contributed by atoms with Crippen LogP contribution in [0.15, 0.2) is 24.3 Å². The van der Waals surface area contributed by atoms with Crippen molar-refractivity contribution in [2.45, 2.75) is 38.3 Å². The number of hydrogen-bond acceptors (Lipinski definition) is 5. The maximum absolute atomic E-state index is 12.2. The highest BCUT2D eigenvalue weighted by Gasteiger charge is 2.32. The van der Waals surface area contributed by atoms with Gasteiger partial charge in [0, 0.05) is 12.5 Å². The first-order valence-corrected chi connectivity index (χ1v) is 8.56. The van der Waals surface area contributed by atoms with Crippen LogP contribution in [-0.2, 0) is 20.7 Å². The lowest BCUT2D eigenvalue weighted by Gasteiger charge is -2.20. The van der Waals surface area contributed by atoms with Crippen molar-refractivity contribution in [1.29, 1.82) is 0 Å². The van der Waals surface area contributed by atoms with Gasteiger partial charge in [0.05, 0.1) is 26.2 Å². The van der Waals surface area contributed by atoms with Crippen molar-refractivity contribution in [3.63, 3.8) is 0 Å². The highest BCUT2D eigenvalue weighted by Crippen LogP contribution is 2.28. The SMILES string of the molecule is CCOC(=O)CN(CC(=O)NCC1Cc2ccccc2O1)C1CC1. The summed E-state index contributed by atoms with van der Waals surface area (Å²) in [5.41, 5.74) is 1.18. The summed E-state index contributed by atoms with van der Waals surface area (Å²) >= 11 is 0. The molecule has 1 unspecified atom stereocenters. The van der Waals surface area contributed by atoms with Crippen LogP contribution in [0.4, 0.5) is 0 Å². The molecule has 0 aromatic heterocycles. The highest BCUT2D eigenvalue weighted by atomic mass is 16.5. The Bertz CT molecular complexity index is 575. The summed E-state index contributed by atoms with van der Waals surface area (Å²) < 4.78 is 10.8. The highest BCUT2D eigenvalue weighted by molar-refractivity contribution is 5.79. The second kappa shape index (κ2) is 7.66. The predicted molar refractivity (Wildman–Crippen MR) is 88.8 cm³/mol. The van der Waals surface area contributed by atoms with Crippen molar-refractivity contribution in [3.05, 3.63) is 29.8 Å². The maximum atomic E-state index is 12.2. The molecule has 6 heteroatoms. The van der Waals surface area contributed by atoms with Crippen LogP contribution in [0.3, 0.4) is 0 Å². The summed E-state index contributed by atoms with van der Waals surface area (Å²) in [6.07, 6.45) is 2.86. The minimum atomic E-state index is -0.272. The van der Waals surface area contributed by atoms with Crippen molar-refractivity contribution in [3.8, 4) is 5.75 Å². The Labute approximate surface area is 142 Å². The van der Waals surface area contributed by atoms with Gasteiger partial charge in [0.2, 0.25) is 5.91 Å². The molecule has 24 heavy (non-hydrogen) atoms. The number of nitrogens with zero attached hydrogens (tertiary/aromatic N) is 1. The fourth-order valence-electron chi connectivity index (χ4n) is 2.96. The Morgan fingerprint density at radius 1 is 1.29 bits per heavy atom. The standard InChI is InChI=1S/C18H24N2O4/c1-2-23-18(22)12-20(14-7-8-14)11-17(21)19-10-15-9-13-5-3-4-6-16(13)24-15/h3-6,14-15H,2,7-12H2,1H3,(H,19,21). The van der Waals surface area contributed by atoms with Crippen LogP contribution in [-0.4, -0.2) is 55.2 Å². The zero-order valence-electron chi connectivity index (χ0n) is 14.0. The van der Waals surface area contributed by atoms with E-state index in [1.54, 1.807) is 6.92 Å². The summed E-state index contributed by atoms with van der Waals surface area (Å²) in [6.45, 7) is 3.03. The number of fused-ring (bicyclic) bond motifs is 1. The number of carbonyl (C=O) groups is 2. The van der Waals surface area contributed by atoms with E-state index in [9.17, 15) is 9.59 Å². The lowest BCUT2D eigenvalue weighted by atomic mass is 10.1. The number of carbonyl (C=O) groups excluding carboxylic acids is 2. The Morgan fingerprint density at radius 2 is 2.08 bits per heavy atom. The van der Waals surface area contributed by atoms with Crippen molar-refractivity contribution in [2.75, 3.05) is 26.2 Å². The Hall–Kier alpha value is -2.08. The molecule has 0 saturated heterocycles. The fraction of sp³-hybridized carbons (Fsp3) is 0.556. The zero-order valence-corrected chi connectivity index (χ0v) is 14.0. The molecule has 1 aliphatic heterocycles. The second-order valence-corrected chi connectivity index (χ2v) is 6.30. The van der Waals surface area contributed by atoms with Gasteiger partial charge < -0.3 is 14.8 Å². The number of esters is 1. The van der Waals surface area contributed by atoms with E-state index in [2.05, 4.69) is 5.32 Å². The second-order valence-electron chi connectivity index (χ2n) is 6.30. The molecule has 1 atom stereocenters. The van der Waals surface area contributed by atoms with Gasteiger partial charge in [-0.1, -0.05) is 18.2 Å². The molecule has 0 radical (unpaired) electrons. The van der Waals surface area contributed by atoms with E-state index in [4.69, 9.17) is 9.47 Å². The van der Waals surface area contributed by atoms with Crippen LogP contribution in [0.1, 0.15) is 25.3 Å². The number of amides is 1. The Balaban J connectivity index is 1.42. The number of rotatable bonds is 8. The largest absolute Gasteiger partial charge is 0.488 e. The van der Waals surface area contributed by atoms with Gasteiger partial charge in [-0.2, -0.15) is 0 Å². The van der Waals surface area contributed by atoms with Gasteiger partial charge in [0.15, 0.2) is 0 Å². The van der Waals surface area contributed by atoms with E-state index < -0.39 is 0 Å². The molecule has 1 fully saturated rings. The van der Waals surface area contributed by atoms with Gasteiger partial charge in [-0.3, -0.25) is 14.5 Å². The lowest BCUT2D eigenvalue weighted by Crippen LogP contribution is -2.43. The van der Waals surface area contributed by atoms with Crippen LogP contribution >= 0.6 is 0 Å². The Morgan fingerprint density at radius 3 is 2.79 bits per heavy atom. The summed E-state index contributed by atoms with van der Waals surface area (Å²) in [5, 5.41) is 2.92. The van der Waals surface area contributed by atoms with Gasteiger partial charge in [-0.05, 0) is 31.4 Å². The topological polar surface area (TPSA) is 67.9 Å². The molecule has 0 bridgehead atoms. The summed E-state index contributed by atoms with van der Waals surface area (Å²) in [6, 6.07) is 8.26. The van der Waals surface area contributed by atoms with Crippen LogP contribution < -0.4 is 10.1 Å². The van der Waals surface area contributed by atoms with E-state index >= 15 is 0 Å². The number of ether oxygens (including phenoxy) is 2. The average molecular weight is 332 g/mol. The quantitative estimate of drug-likeness (QED) is 0.723. The van der Waals surface area contributed by atoms with Crippen molar-refractivity contribution in [2.24, 2.45) is 0 Å². The molecule has 1 N–H and O–H groups in total. The van der Waals surface area contributed by atoms with Gasteiger partial charge >= 0.3 is 5.97 Å². The molecular weight excluding hydrogens is 308 g/mol. The first-order valence-electron chi connectivity index (χ1n) is 8.56. The molecule has 1 aromatic carbocycles. The van der Waals surface area contributed by atoms with E-state index in [1.165, 1.54) is 5.56 Å². The average Bonchev–Trinajstić information content (AvgIpc) is 3.32. The van der Waals surface area contributed by atoms with Crippen LogP contribution in [0.5, 0.6) is 5.75 Å². The maximum Gasteiger partial charge on any atom is 0.320 e. The van der Waals surface area contributed by atoms with E-state index in [0.29, 0.717) is 19.2 Å². The monoisotopic (exact) mass is 332 g/mol. The van der Waals surface area contributed by atoms with Gasteiger partial charge in [0.1, 0.15) is 11.9 Å². The van der Waals surface area contributed by atoms with Gasteiger partial charge in [0.25, 0.3) is 0 Å². The van der Waals surface area contributed by atoms with E-state index in [0.717, 1.165) is 25.0 Å². The normalized spacial score (nSPS) is 18.8. The molecular formula is C18H24N2O4. The van der Waals surface area contributed by atoms with Crippen molar-refractivity contribution >= 4 is 11.9 Å². The van der Waals surface area contributed by atoms with E-state index in [1.807, 2.05) is 29.2 Å². The summed E-state index contributed by atoms with van der Waals surface area (Å²) in [7, 11) is 0. The number of para-hydroxylation sites is 1. The molecule has 3 rings (SSSR count). The summed E-state index contributed by atoms with van der Waals surface area (Å²) in [4.78, 5) is 25.7. The Kier molecular flexibility index (Phi) is 5.35. The van der Waals surface area contributed by atoms with E-state index in [-0.39, 0.29) is 31.1 Å². The first kappa shape index (κ1) is 16.8. The molecule has 1 aromatic rings. The number of hydrogen-bond donors (Lipinski definition) is 1. The van der Waals surface area contributed by atoms with Crippen LogP contribution in [0, 0.1) is 0 Å². The molecule has 2 aliphatic rings.